The molecular formula is C40H56O7. The van der Waals surface area contributed by atoms with Gasteiger partial charge in [-0.25, -0.2) is 4.79 Å². The molecule has 0 unspecified atom stereocenters. The van der Waals surface area contributed by atoms with Gasteiger partial charge in [0.05, 0.1) is 25.2 Å². The van der Waals surface area contributed by atoms with E-state index in [0.29, 0.717) is 17.4 Å². The van der Waals surface area contributed by atoms with Crippen LogP contribution >= 0.6 is 0 Å². The molecule has 0 aliphatic heterocycles. The Balaban J connectivity index is 1.40. The number of aromatic hydroxyl groups is 2. The summed E-state index contributed by atoms with van der Waals surface area (Å²) in [7, 11) is 1.52. The van der Waals surface area contributed by atoms with E-state index in [1.807, 2.05) is 0 Å². The van der Waals surface area contributed by atoms with Crippen LogP contribution in [-0.4, -0.2) is 47.1 Å². The first-order valence-corrected chi connectivity index (χ1v) is 17.9. The summed E-state index contributed by atoms with van der Waals surface area (Å²) in [5, 5.41) is 30.7. The van der Waals surface area contributed by atoms with E-state index in [0.717, 1.165) is 69.8 Å². The Morgan fingerprint density at radius 2 is 1.68 bits per heavy atom. The lowest BCUT2D eigenvalue weighted by Gasteiger charge is -2.73. The van der Waals surface area contributed by atoms with E-state index >= 15 is 0 Å². The van der Waals surface area contributed by atoms with Crippen molar-refractivity contribution < 1.29 is 34.4 Å². The maximum Gasteiger partial charge on any atom is 0.330 e. The van der Waals surface area contributed by atoms with Gasteiger partial charge in [-0.2, -0.15) is 0 Å². The van der Waals surface area contributed by atoms with Crippen LogP contribution in [0, 0.1) is 56.7 Å². The molecule has 47 heavy (non-hydrogen) atoms. The monoisotopic (exact) mass is 648 g/mol. The zero-order chi connectivity index (χ0) is 34.2. The predicted octanol–water partition coefficient (Wildman–Crippen LogP) is 7.83. The second-order valence-corrected chi connectivity index (χ2v) is 17.1. The minimum absolute atomic E-state index is 0.0544. The molecule has 1 aromatic carbocycles. The highest BCUT2D eigenvalue weighted by Crippen LogP contribution is 2.77. The zero-order valence-corrected chi connectivity index (χ0v) is 29.3. The third-order valence-corrected chi connectivity index (χ3v) is 15.2. The number of phenols is 2. The van der Waals surface area contributed by atoms with Crippen LogP contribution in [-0.2, 0) is 19.1 Å². The first-order chi connectivity index (χ1) is 22.1. The van der Waals surface area contributed by atoms with Gasteiger partial charge < -0.3 is 24.8 Å². The molecule has 0 aromatic heterocycles. The van der Waals surface area contributed by atoms with E-state index in [2.05, 4.69) is 41.2 Å². The number of hydrogen-bond donors (Lipinski definition) is 3. The van der Waals surface area contributed by atoms with Crippen molar-refractivity contribution in [3.8, 4) is 11.5 Å². The third-order valence-electron chi connectivity index (χ3n) is 15.2. The number of fused-ring (bicyclic) bond motifs is 7. The number of methoxy groups -OCH3 is 1. The molecule has 5 fully saturated rings. The van der Waals surface area contributed by atoms with Gasteiger partial charge >= 0.3 is 11.9 Å². The number of aliphatic hydroxyl groups excluding tert-OH is 1. The standard InChI is InChI=1S/C40H56O7/c1-24(2)26-14-19-39(35(45)46-7)20-21-40(23-47-33(44)13-9-25-8-11-28(41)29(42)22-25)27(34(26)39)10-12-31-37(5)17-16-32(43)36(3,4)30(37)15-18-38(31,40)6/h8-9,11,13,22,26-27,30-32,34,41-43H,1,10,12,14-21,23H2,2-7H3/b13-9-/t26-,27+,30-,31+,32-,34+,37-,38+,39-,40-/m0/s1. The maximum absolute atomic E-state index is 13.7. The Morgan fingerprint density at radius 1 is 0.936 bits per heavy atom. The largest absolute Gasteiger partial charge is 0.504 e. The van der Waals surface area contributed by atoms with Crippen molar-refractivity contribution in [3.05, 3.63) is 42.0 Å². The Hall–Kier alpha value is -2.80. The van der Waals surface area contributed by atoms with Gasteiger partial charge in [-0.3, -0.25) is 4.79 Å². The number of rotatable bonds is 6. The van der Waals surface area contributed by atoms with E-state index in [-0.39, 0.29) is 69.6 Å². The van der Waals surface area contributed by atoms with Crippen LogP contribution in [0.25, 0.3) is 6.08 Å². The predicted molar refractivity (Wildman–Crippen MR) is 181 cm³/mol. The molecular weight excluding hydrogens is 592 g/mol. The molecule has 10 atom stereocenters. The minimum Gasteiger partial charge on any atom is -0.504 e. The topological polar surface area (TPSA) is 113 Å². The Kier molecular flexibility index (Phi) is 8.46. The molecule has 0 saturated heterocycles. The van der Waals surface area contributed by atoms with Crippen molar-refractivity contribution >= 4 is 18.0 Å². The zero-order valence-electron chi connectivity index (χ0n) is 29.3. The van der Waals surface area contributed by atoms with Crippen molar-refractivity contribution in [2.24, 2.45) is 56.7 Å². The molecule has 5 saturated carbocycles. The molecule has 0 amide bonds. The third kappa shape index (κ3) is 4.91. The summed E-state index contributed by atoms with van der Waals surface area (Å²) in [5.74, 6) is 0.297. The van der Waals surface area contributed by atoms with Crippen LogP contribution in [0.1, 0.15) is 104 Å². The summed E-state index contributed by atoms with van der Waals surface area (Å²) >= 11 is 0. The number of carbonyl (C=O) groups is 2. The molecule has 5 aliphatic rings. The van der Waals surface area contributed by atoms with Gasteiger partial charge in [0.15, 0.2) is 11.5 Å². The van der Waals surface area contributed by atoms with Crippen LogP contribution in [0.15, 0.2) is 36.4 Å². The molecule has 3 N–H and O–H groups in total. The highest BCUT2D eigenvalue weighted by molar-refractivity contribution is 5.87. The number of phenolic OH excluding ortho intramolecular Hbond substituents is 2. The maximum atomic E-state index is 13.7. The van der Waals surface area contributed by atoms with E-state index in [4.69, 9.17) is 9.47 Å². The van der Waals surface area contributed by atoms with Gasteiger partial charge in [0.1, 0.15) is 0 Å². The van der Waals surface area contributed by atoms with Gasteiger partial charge in [0.25, 0.3) is 0 Å². The molecule has 7 nitrogen and oxygen atoms in total. The van der Waals surface area contributed by atoms with Gasteiger partial charge in [0, 0.05) is 11.5 Å². The molecule has 0 spiro atoms. The van der Waals surface area contributed by atoms with Gasteiger partial charge in [-0.15, -0.1) is 0 Å². The number of ether oxygens (including phenoxy) is 2. The number of allylic oxidation sites excluding steroid dienone is 1. The van der Waals surface area contributed by atoms with E-state index in [1.165, 1.54) is 25.3 Å². The second kappa shape index (κ2) is 11.7. The lowest BCUT2D eigenvalue weighted by atomic mass is 9.32. The van der Waals surface area contributed by atoms with Crippen LogP contribution in [0.2, 0.25) is 0 Å². The number of hydrogen-bond acceptors (Lipinski definition) is 7. The summed E-state index contributed by atoms with van der Waals surface area (Å²) < 4.78 is 11.9. The fourth-order valence-electron chi connectivity index (χ4n) is 12.9. The molecule has 0 heterocycles. The van der Waals surface area contributed by atoms with E-state index < -0.39 is 11.4 Å². The van der Waals surface area contributed by atoms with Crippen molar-refractivity contribution in [3.63, 3.8) is 0 Å². The van der Waals surface area contributed by atoms with Crippen molar-refractivity contribution in [1.29, 1.82) is 0 Å². The van der Waals surface area contributed by atoms with Crippen LogP contribution < -0.4 is 0 Å². The van der Waals surface area contributed by atoms with Crippen molar-refractivity contribution in [1.82, 2.24) is 0 Å². The van der Waals surface area contributed by atoms with Crippen LogP contribution in [0.5, 0.6) is 11.5 Å². The Bertz CT molecular complexity index is 1460. The quantitative estimate of drug-likeness (QED) is 0.125. The highest BCUT2D eigenvalue weighted by atomic mass is 16.5. The van der Waals surface area contributed by atoms with E-state index in [9.17, 15) is 24.9 Å². The first-order valence-electron chi connectivity index (χ1n) is 17.9. The molecule has 7 heteroatoms. The fourth-order valence-corrected chi connectivity index (χ4v) is 12.9. The molecule has 0 radical (unpaired) electrons. The molecule has 5 aliphatic carbocycles. The smallest absolute Gasteiger partial charge is 0.330 e. The minimum atomic E-state index is -0.543. The second-order valence-electron chi connectivity index (χ2n) is 17.1. The molecule has 0 bridgehead atoms. The molecule has 258 valence electrons. The SMILES string of the molecule is C=C(C)[C@@H]1CC[C@]2(C(=O)OC)CC[C@]3(COC(=O)/C=C\c4ccc(O)c(O)c4)[C@H](CC[C@@H]4[C@@]5(C)CC[C@H](O)C(C)(C)[C@@H]5CC[C@]43C)[C@@H]12. The lowest BCUT2D eigenvalue weighted by molar-refractivity contribution is -0.263. The highest BCUT2D eigenvalue weighted by Gasteiger charge is 2.73. The van der Waals surface area contributed by atoms with Crippen LogP contribution in [0.4, 0.5) is 0 Å². The van der Waals surface area contributed by atoms with Gasteiger partial charge in [-0.1, -0.05) is 45.9 Å². The molecule has 1 aromatic rings. The Morgan fingerprint density at radius 3 is 2.36 bits per heavy atom. The number of carbonyl (C=O) groups excluding carboxylic acids is 2. The average Bonchev–Trinajstić information content (AvgIpc) is 3.43. The number of esters is 2. The fraction of sp³-hybridized carbons (Fsp3) is 0.700. The van der Waals surface area contributed by atoms with E-state index in [1.54, 1.807) is 12.1 Å². The van der Waals surface area contributed by atoms with Crippen LogP contribution in [0.3, 0.4) is 0 Å². The summed E-state index contributed by atoms with van der Waals surface area (Å²) in [4.78, 5) is 27.2. The summed E-state index contributed by atoms with van der Waals surface area (Å²) in [5.41, 5.74) is 0.599. The summed E-state index contributed by atoms with van der Waals surface area (Å²) in [6, 6.07) is 4.44. The average molecular weight is 649 g/mol. The van der Waals surface area contributed by atoms with Gasteiger partial charge in [-0.05, 0) is 141 Å². The number of benzene rings is 1. The Labute approximate surface area is 280 Å². The summed E-state index contributed by atoms with van der Waals surface area (Å²) in [6.07, 6.45) is 11.8. The normalized spacial score (nSPS) is 42.0. The number of aliphatic hydroxyl groups is 1. The van der Waals surface area contributed by atoms with Crippen molar-refractivity contribution in [2.45, 2.75) is 105 Å². The van der Waals surface area contributed by atoms with Crippen molar-refractivity contribution in [2.75, 3.05) is 13.7 Å². The molecule has 6 rings (SSSR count). The lowest BCUT2D eigenvalue weighted by Crippen LogP contribution is -2.69. The summed E-state index contributed by atoms with van der Waals surface area (Å²) in [6.45, 7) is 16.3. The first kappa shape index (κ1) is 34.1. The van der Waals surface area contributed by atoms with Gasteiger partial charge in [0.2, 0.25) is 0 Å².